The van der Waals surface area contributed by atoms with E-state index in [2.05, 4.69) is 39.8 Å². The van der Waals surface area contributed by atoms with Crippen molar-refractivity contribution in [3.05, 3.63) is 23.3 Å². The molecule has 0 amide bonds. The lowest BCUT2D eigenvalue weighted by molar-refractivity contribution is -0.159. The Morgan fingerprint density at radius 3 is 1.47 bits per heavy atom. The van der Waals surface area contributed by atoms with Gasteiger partial charge in [-0.2, -0.15) is 0 Å². The lowest BCUT2D eigenvalue weighted by Gasteiger charge is -2.65. The summed E-state index contributed by atoms with van der Waals surface area (Å²) in [6.45, 7) is 9.69. The van der Waals surface area contributed by atoms with Crippen molar-refractivity contribution in [2.45, 2.75) is 66.2 Å². The maximum Gasteiger partial charge on any atom is 0.141 e. The van der Waals surface area contributed by atoms with E-state index >= 15 is 0 Å². The van der Waals surface area contributed by atoms with Gasteiger partial charge in [-0.25, -0.2) is 0 Å². The van der Waals surface area contributed by atoms with Gasteiger partial charge in [-0.1, -0.05) is 51.0 Å². The Bertz CT molecular complexity index is 860. The molecule has 10 atom stereocenters. The summed E-state index contributed by atoms with van der Waals surface area (Å²) in [6, 6.07) is 0. The summed E-state index contributed by atoms with van der Waals surface area (Å²) in [6.07, 6.45) is 11.4. The van der Waals surface area contributed by atoms with E-state index in [-0.39, 0.29) is 23.7 Å². The fourth-order valence-electron chi connectivity index (χ4n) is 9.92. The topological polar surface area (TPSA) is 34.1 Å². The van der Waals surface area contributed by atoms with Gasteiger partial charge in [-0.3, -0.25) is 9.59 Å². The average Bonchev–Trinajstić information content (AvgIpc) is 2.74. The highest BCUT2D eigenvalue weighted by Crippen LogP contribution is 2.69. The Labute approximate surface area is 180 Å². The van der Waals surface area contributed by atoms with Gasteiger partial charge in [-0.15, -0.1) is 0 Å². The summed E-state index contributed by atoms with van der Waals surface area (Å²) in [4.78, 5) is 27.9. The fraction of sp³-hybridized carbons (Fsp3) is 0.786. The number of ketones is 2. The van der Waals surface area contributed by atoms with Gasteiger partial charge in [0.15, 0.2) is 0 Å². The third kappa shape index (κ3) is 1.91. The smallest absolute Gasteiger partial charge is 0.141 e. The molecule has 0 saturated heterocycles. The molecule has 0 radical (unpaired) electrons. The van der Waals surface area contributed by atoms with Gasteiger partial charge in [0.25, 0.3) is 0 Å². The molecule has 9 aliphatic carbocycles. The number of allylic oxidation sites excluding steroid dienone is 4. The number of hydrogen-bond acceptors (Lipinski definition) is 2. The van der Waals surface area contributed by atoms with Crippen LogP contribution in [0.4, 0.5) is 0 Å². The SMILES string of the molecule is CC1(C)C2CC3C(=CCC4C(=O)C5CC=C6C(CC7CC6C7(C)C)C5C(=O)C43)C1C2. The Kier molecular flexibility index (Phi) is 3.32. The number of rotatable bonds is 0. The summed E-state index contributed by atoms with van der Waals surface area (Å²) >= 11 is 0. The van der Waals surface area contributed by atoms with E-state index in [0.29, 0.717) is 46.1 Å². The van der Waals surface area contributed by atoms with E-state index in [1.807, 2.05) is 0 Å². The van der Waals surface area contributed by atoms with Crippen molar-refractivity contribution in [3.63, 3.8) is 0 Å². The van der Waals surface area contributed by atoms with E-state index in [1.54, 1.807) is 11.1 Å². The van der Waals surface area contributed by atoms with Crippen LogP contribution in [0.1, 0.15) is 66.2 Å². The van der Waals surface area contributed by atoms with Crippen molar-refractivity contribution in [2.75, 3.05) is 0 Å². The molecule has 2 heteroatoms. The third-order valence-corrected chi connectivity index (χ3v) is 12.0. The van der Waals surface area contributed by atoms with Crippen LogP contribution in [0.3, 0.4) is 0 Å². The molecule has 0 aromatic carbocycles. The summed E-state index contributed by atoms with van der Waals surface area (Å²) < 4.78 is 0. The predicted molar refractivity (Wildman–Crippen MR) is 116 cm³/mol. The second-order valence-corrected chi connectivity index (χ2v) is 13.2. The maximum atomic E-state index is 14.2. The zero-order chi connectivity index (χ0) is 20.7. The van der Waals surface area contributed by atoms with Crippen LogP contribution >= 0.6 is 0 Å². The molecule has 160 valence electrons. The van der Waals surface area contributed by atoms with Crippen LogP contribution in [0.5, 0.6) is 0 Å². The largest absolute Gasteiger partial charge is 0.299 e. The fourth-order valence-corrected chi connectivity index (χ4v) is 9.92. The first-order valence-corrected chi connectivity index (χ1v) is 12.7. The van der Waals surface area contributed by atoms with E-state index in [0.717, 1.165) is 37.5 Å². The molecule has 0 aliphatic heterocycles. The molecule has 0 N–H and O–H groups in total. The first kappa shape index (κ1) is 18.4. The second-order valence-electron chi connectivity index (χ2n) is 13.2. The Hall–Kier alpha value is -1.18. The lowest BCUT2D eigenvalue weighted by Crippen LogP contribution is -2.62. The van der Waals surface area contributed by atoms with Crippen LogP contribution in [0, 0.1) is 70.0 Å². The van der Waals surface area contributed by atoms with Crippen molar-refractivity contribution in [1.29, 1.82) is 0 Å². The number of Topliss-reactive ketones (excluding diaryl/α,β-unsaturated/α-hetero) is 2. The molecule has 2 nitrogen and oxygen atoms in total. The molecule has 0 aromatic rings. The van der Waals surface area contributed by atoms with Crippen LogP contribution in [-0.4, -0.2) is 11.6 Å². The minimum absolute atomic E-state index is 0.00534. The van der Waals surface area contributed by atoms with Crippen molar-refractivity contribution in [1.82, 2.24) is 0 Å². The van der Waals surface area contributed by atoms with Crippen LogP contribution in [0.15, 0.2) is 23.3 Å². The zero-order valence-electron chi connectivity index (χ0n) is 19.0. The maximum absolute atomic E-state index is 14.2. The van der Waals surface area contributed by atoms with Crippen LogP contribution in [0.25, 0.3) is 0 Å². The first-order valence-electron chi connectivity index (χ1n) is 12.7. The van der Waals surface area contributed by atoms with Crippen LogP contribution in [-0.2, 0) is 9.59 Å². The number of carbonyl (C=O) groups excluding carboxylic acids is 2. The Balaban J connectivity index is 1.26. The number of carbonyl (C=O) groups is 2. The zero-order valence-corrected chi connectivity index (χ0v) is 19.0. The quantitative estimate of drug-likeness (QED) is 0.491. The van der Waals surface area contributed by atoms with Gasteiger partial charge in [0.05, 0.1) is 0 Å². The second kappa shape index (κ2) is 5.41. The summed E-state index contributed by atoms with van der Waals surface area (Å²) in [5, 5.41) is 0. The monoisotopic (exact) mass is 404 g/mol. The van der Waals surface area contributed by atoms with Crippen molar-refractivity contribution < 1.29 is 9.59 Å². The van der Waals surface area contributed by atoms with E-state index < -0.39 is 0 Å². The normalized spacial score (nSPS) is 53.6. The lowest BCUT2D eigenvalue weighted by atomic mass is 9.39. The predicted octanol–water partition coefficient (Wildman–Crippen LogP) is 5.63. The van der Waals surface area contributed by atoms with Gasteiger partial charge in [0.2, 0.25) is 0 Å². The average molecular weight is 405 g/mol. The molecule has 7 saturated carbocycles. The molecule has 0 heterocycles. The third-order valence-electron chi connectivity index (χ3n) is 12.0. The van der Waals surface area contributed by atoms with E-state index in [4.69, 9.17) is 0 Å². The summed E-state index contributed by atoms with van der Waals surface area (Å²) in [5.41, 5.74) is 3.94. The van der Waals surface area contributed by atoms with Crippen molar-refractivity contribution >= 4 is 11.6 Å². The highest BCUT2D eigenvalue weighted by atomic mass is 16.1. The van der Waals surface area contributed by atoms with Crippen molar-refractivity contribution in [2.24, 2.45) is 70.0 Å². The van der Waals surface area contributed by atoms with Crippen LogP contribution < -0.4 is 0 Å². The van der Waals surface area contributed by atoms with E-state index in [9.17, 15) is 9.59 Å². The van der Waals surface area contributed by atoms with Gasteiger partial charge < -0.3 is 0 Å². The molecule has 10 unspecified atom stereocenters. The first-order chi connectivity index (χ1) is 14.2. The molecule has 9 aliphatic rings. The number of fused-ring (bicyclic) bond motifs is 2. The summed E-state index contributed by atoms with van der Waals surface area (Å²) in [7, 11) is 0. The highest BCUT2D eigenvalue weighted by Gasteiger charge is 2.65. The highest BCUT2D eigenvalue weighted by molar-refractivity contribution is 6.01. The molecule has 0 aromatic heterocycles. The van der Waals surface area contributed by atoms with Gasteiger partial charge >= 0.3 is 0 Å². The van der Waals surface area contributed by atoms with E-state index in [1.165, 1.54) is 12.8 Å². The van der Waals surface area contributed by atoms with Gasteiger partial charge in [0, 0.05) is 23.7 Å². The minimum Gasteiger partial charge on any atom is -0.299 e. The Morgan fingerprint density at radius 1 is 0.633 bits per heavy atom. The molecule has 7 fully saturated rings. The minimum atomic E-state index is -0.0161. The molecular formula is C28H36O2. The standard InChI is InChI=1S/C28H36O2/c1-27(2)13-9-19-15(21(27)11-13)5-7-17-23(19)26(30)24-18(25(17)29)8-6-16-20(24)10-14-12-22(16)28(14,3)4/h5-6,13-14,17-24H,7-12H2,1-4H3. The molecular weight excluding hydrogens is 368 g/mol. The molecule has 9 rings (SSSR count). The molecule has 30 heavy (non-hydrogen) atoms. The Morgan fingerprint density at radius 2 is 1.07 bits per heavy atom. The molecule has 4 bridgehead atoms. The molecule has 0 spiro atoms. The van der Waals surface area contributed by atoms with Gasteiger partial charge in [0.1, 0.15) is 11.6 Å². The van der Waals surface area contributed by atoms with Gasteiger partial charge in [-0.05, 0) is 84.9 Å². The number of hydrogen-bond donors (Lipinski definition) is 0. The summed E-state index contributed by atoms with van der Waals surface area (Å²) in [5.74, 6) is 4.50. The van der Waals surface area contributed by atoms with Crippen LogP contribution in [0.2, 0.25) is 0 Å². The van der Waals surface area contributed by atoms with Crippen molar-refractivity contribution in [3.8, 4) is 0 Å².